The van der Waals surface area contributed by atoms with Gasteiger partial charge in [-0.1, -0.05) is 43.8 Å². The van der Waals surface area contributed by atoms with Crippen LogP contribution in [0.15, 0.2) is 46.9 Å². The second-order valence-corrected chi connectivity index (χ2v) is 8.50. The van der Waals surface area contributed by atoms with E-state index >= 15 is 0 Å². The van der Waals surface area contributed by atoms with E-state index in [-0.39, 0.29) is 11.7 Å². The number of nitrogens with zero attached hydrogens (tertiary/aromatic N) is 3. The summed E-state index contributed by atoms with van der Waals surface area (Å²) in [5.41, 5.74) is 0.848. The number of rotatable bonds is 9. The van der Waals surface area contributed by atoms with Crippen LogP contribution in [0, 0.1) is 5.92 Å². The van der Waals surface area contributed by atoms with Crippen LogP contribution in [0.5, 0.6) is 5.75 Å². The van der Waals surface area contributed by atoms with Crippen LogP contribution >= 0.6 is 23.1 Å². The summed E-state index contributed by atoms with van der Waals surface area (Å²) >= 11 is 2.97. The van der Waals surface area contributed by atoms with Crippen LogP contribution < -0.4 is 10.1 Å². The Hall–Kier alpha value is -2.32. The number of carbonyl (C=O) groups is 1. The number of hydrogen-bond donors (Lipinski definition) is 1. The number of thiophene rings is 1. The predicted molar refractivity (Wildman–Crippen MR) is 114 cm³/mol. The van der Waals surface area contributed by atoms with Gasteiger partial charge >= 0.3 is 0 Å². The van der Waals surface area contributed by atoms with Gasteiger partial charge in [0, 0.05) is 6.54 Å². The average molecular weight is 417 g/mol. The zero-order valence-electron chi connectivity index (χ0n) is 16.2. The predicted octanol–water partition coefficient (Wildman–Crippen LogP) is 4.26. The minimum absolute atomic E-state index is 0.00194. The van der Waals surface area contributed by atoms with Crippen LogP contribution in [-0.4, -0.2) is 40.1 Å². The third kappa shape index (κ3) is 4.94. The number of para-hydroxylation sites is 2. The molecule has 0 radical (unpaired) electrons. The molecule has 1 amide bonds. The van der Waals surface area contributed by atoms with Gasteiger partial charge in [0.25, 0.3) is 0 Å². The highest BCUT2D eigenvalue weighted by atomic mass is 32.2. The molecule has 8 heteroatoms. The van der Waals surface area contributed by atoms with Gasteiger partial charge in [-0.25, -0.2) is 0 Å². The Morgan fingerprint density at radius 1 is 1.25 bits per heavy atom. The minimum Gasteiger partial charge on any atom is -0.495 e. The van der Waals surface area contributed by atoms with Crippen LogP contribution in [0.3, 0.4) is 0 Å². The number of thioether (sulfide) groups is 1. The molecule has 2 heterocycles. The van der Waals surface area contributed by atoms with E-state index in [0.717, 1.165) is 28.6 Å². The zero-order chi connectivity index (χ0) is 19.9. The molecule has 6 nitrogen and oxygen atoms in total. The monoisotopic (exact) mass is 416 g/mol. The highest BCUT2D eigenvalue weighted by Crippen LogP contribution is 2.33. The second kappa shape index (κ2) is 9.75. The first-order valence-corrected chi connectivity index (χ1v) is 11.0. The van der Waals surface area contributed by atoms with E-state index in [9.17, 15) is 4.79 Å². The fourth-order valence-electron chi connectivity index (χ4n) is 2.64. The second-order valence-electron chi connectivity index (χ2n) is 6.61. The number of aromatic nitrogens is 3. The lowest BCUT2D eigenvalue weighted by Crippen LogP contribution is -2.27. The molecule has 0 fully saturated rings. The van der Waals surface area contributed by atoms with Crippen molar-refractivity contribution < 1.29 is 9.53 Å². The fraction of sp³-hybridized carbons (Fsp3) is 0.350. The van der Waals surface area contributed by atoms with Crippen molar-refractivity contribution in [3.63, 3.8) is 0 Å². The highest BCUT2D eigenvalue weighted by molar-refractivity contribution is 7.99. The van der Waals surface area contributed by atoms with Crippen molar-refractivity contribution in [1.82, 2.24) is 20.1 Å². The van der Waals surface area contributed by atoms with Gasteiger partial charge in [0.1, 0.15) is 5.75 Å². The Labute approximate surface area is 173 Å². The number of ether oxygens (including phenoxy) is 1. The molecule has 0 bridgehead atoms. The lowest BCUT2D eigenvalue weighted by Gasteiger charge is -2.13. The number of hydrogen-bond acceptors (Lipinski definition) is 6. The summed E-state index contributed by atoms with van der Waals surface area (Å²) < 4.78 is 7.49. The average Bonchev–Trinajstić information content (AvgIpc) is 3.35. The van der Waals surface area contributed by atoms with Crippen LogP contribution in [0.4, 0.5) is 0 Å². The Bertz CT molecular complexity index is 907. The Morgan fingerprint density at radius 2 is 2.07 bits per heavy atom. The summed E-state index contributed by atoms with van der Waals surface area (Å²) in [6, 6.07) is 11.7. The summed E-state index contributed by atoms with van der Waals surface area (Å²) in [7, 11) is 1.64. The van der Waals surface area contributed by atoms with Gasteiger partial charge in [0.15, 0.2) is 11.0 Å². The molecule has 0 unspecified atom stereocenters. The lowest BCUT2D eigenvalue weighted by molar-refractivity contribution is -0.118. The smallest absolute Gasteiger partial charge is 0.230 e. The molecular weight excluding hydrogens is 392 g/mol. The first-order chi connectivity index (χ1) is 13.6. The van der Waals surface area contributed by atoms with Crippen molar-refractivity contribution in [2.24, 2.45) is 5.92 Å². The normalized spacial score (nSPS) is 11.0. The first kappa shape index (κ1) is 20.4. The van der Waals surface area contributed by atoms with Crippen LogP contribution in [-0.2, 0) is 4.79 Å². The molecule has 3 rings (SSSR count). The van der Waals surface area contributed by atoms with Crippen molar-refractivity contribution in [2.75, 3.05) is 19.4 Å². The maximum Gasteiger partial charge on any atom is 0.230 e. The van der Waals surface area contributed by atoms with Gasteiger partial charge in [-0.05, 0) is 35.9 Å². The quantitative estimate of drug-likeness (QED) is 0.528. The third-order valence-corrected chi connectivity index (χ3v) is 5.87. The zero-order valence-corrected chi connectivity index (χ0v) is 17.8. The van der Waals surface area contributed by atoms with E-state index < -0.39 is 0 Å². The fourth-order valence-corrected chi connectivity index (χ4v) is 4.12. The minimum atomic E-state index is -0.00194. The summed E-state index contributed by atoms with van der Waals surface area (Å²) in [5, 5.41) is 14.4. The molecule has 0 spiro atoms. The van der Waals surface area contributed by atoms with Crippen LogP contribution in [0.25, 0.3) is 16.4 Å². The maximum atomic E-state index is 12.2. The Morgan fingerprint density at radius 3 is 2.79 bits per heavy atom. The van der Waals surface area contributed by atoms with Gasteiger partial charge in [0.2, 0.25) is 5.91 Å². The number of amides is 1. The molecule has 1 aromatic carbocycles. The molecule has 0 aliphatic heterocycles. The van der Waals surface area contributed by atoms with Gasteiger partial charge in [0.05, 0.1) is 23.4 Å². The van der Waals surface area contributed by atoms with Crippen LogP contribution in [0.2, 0.25) is 0 Å². The number of nitrogens with one attached hydrogen (secondary N) is 1. The molecular formula is C20H24N4O2S2. The van der Waals surface area contributed by atoms with Crippen molar-refractivity contribution in [1.29, 1.82) is 0 Å². The van der Waals surface area contributed by atoms with E-state index in [4.69, 9.17) is 4.74 Å². The van der Waals surface area contributed by atoms with Crippen molar-refractivity contribution >= 4 is 29.0 Å². The molecule has 0 aliphatic carbocycles. The van der Waals surface area contributed by atoms with Crippen LogP contribution in [0.1, 0.15) is 20.3 Å². The Kier molecular flexibility index (Phi) is 7.11. The Balaban J connectivity index is 1.85. The van der Waals surface area contributed by atoms with Gasteiger partial charge < -0.3 is 10.1 Å². The van der Waals surface area contributed by atoms with E-state index in [1.807, 2.05) is 46.3 Å². The van der Waals surface area contributed by atoms with E-state index in [1.54, 1.807) is 18.4 Å². The molecule has 148 valence electrons. The molecule has 0 saturated heterocycles. The number of benzene rings is 1. The number of methoxy groups -OCH3 is 1. The summed E-state index contributed by atoms with van der Waals surface area (Å²) in [4.78, 5) is 13.2. The van der Waals surface area contributed by atoms with Gasteiger partial charge in [-0.3, -0.25) is 9.36 Å². The topological polar surface area (TPSA) is 69.0 Å². The maximum absolute atomic E-state index is 12.2. The molecule has 1 N–H and O–H groups in total. The summed E-state index contributed by atoms with van der Waals surface area (Å²) in [6.45, 7) is 4.97. The first-order valence-electron chi connectivity index (χ1n) is 9.12. The van der Waals surface area contributed by atoms with E-state index in [1.165, 1.54) is 11.8 Å². The van der Waals surface area contributed by atoms with Crippen molar-refractivity contribution in [3.8, 4) is 22.1 Å². The summed E-state index contributed by atoms with van der Waals surface area (Å²) in [5.74, 6) is 2.31. The molecule has 0 atom stereocenters. The molecule has 28 heavy (non-hydrogen) atoms. The standard InChI is InChI=1S/C20H24N4O2S2/c1-14(2)10-11-21-18(25)13-28-20-23-22-19(17-9-6-12-27-17)24(20)15-7-4-5-8-16(15)26-3/h4-9,12,14H,10-11,13H2,1-3H3,(H,21,25). The highest BCUT2D eigenvalue weighted by Gasteiger charge is 2.20. The SMILES string of the molecule is COc1ccccc1-n1c(SCC(=O)NCCC(C)C)nnc1-c1cccs1. The van der Waals surface area contributed by atoms with Crippen molar-refractivity contribution in [3.05, 3.63) is 41.8 Å². The largest absolute Gasteiger partial charge is 0.495 e. The lowest BCUT2D eigenvalue weighted by atomic mass is 10.1. The van der Waals surface area contributed by atoms with Crippen molar-refractivity contribution in [2.45, 2.75) is 25.4 Å². The van der Waals surface area contributed by atoms with Gasteiger partial charge in [-0.2, -0.15) is 0 Å². The molecule has 0 saturated carbocycles. The van der Waals surface area contributed by atoms with E-state index in [0.29, 0.717) is 17.6 Å². The summed E-state index contributed by atoms with van der Waals surface area (Å²) in [6.07, 6.45) is 0.969. The third-order valence-electron chi connectivity index (χ3n) is 4.08. The molecule has 3 aromatic rings. The molecule has 0 aliphatic rings. The van der Waals surface area contributed by atoms with E-state index in [2.05, 4.69) is 29.4 Å². The molecule has 2 aromatic heterocycles. The van der Waals surface area contributed by atoms with Gasteiger partial charge in [-0.15, -0.1) is 21.5 Å². The number of carbonyl (C=O) groups excluding carboxylic acids is 1.